The number of hydrogen-bond acceptors (Lipinski definition) is 9. The van der Waals surface area contributed by atoms with E-state index in [2.05, 4.69) is 47.6 Å². The number of nitrogens with one attached hydrogen (secondary N) is 3. The smallest absolute Gasteiger partial charge is 0.275 e. The van der Waals surface area contributed by atoms with Gasteiger partial charge in [0.15, 0.2) is 0 Å². The fourth-order valence-electron chi connectivity index (χ4n) is 5.20. The van der Waals surface area contributed by atoms with Crippen LogP contribution in [0.1, 0.15) is 21.6 Å². The number of nitrogens with zero attached hydrogens (tertiary/aromatic N) is 6. The van der Waals surface area contributed by atoms with Crippen LogP contribution in [0.15, 0.2) is 78.2 Å². The molecule has 1 aliphatic rings. The van der Waals surface area contributed by atoms with Crippen molar-refractivity contribution in [3.63, 3.8) is 0 Å². The number of sulfonamides is 1. The van der Waals surface area contributed by atoms with Crippen LogP contribution in [0.3, 0.4) is 0 Å². The standard InChI is InChI=1S/C31H33FN10O3S/c1-40-13-15-41(16-14-40)19-21-4-7-23(8-5-21)37-31(43)28-27(18-36-39-28)38-29-25-10-12-42(30(25)35-20-34-29)11-2-3-22-6-9-24(17-26(22)32)46(33,44)45/h2-10,12,17-18,20H,11,13-16,19H2,1H3,(H,36,39)(H,37,43)(H2,33,44,45)(H,34,35,38)/b3-2+. The van der Waals surface area contributed by atoms with E-state index < -0.39 is 15.8 Å². The number of anilines is 3. The Labute approximate surface area is 265 Å². The van der Waals surface area contributed by atoms with Gasteiger partial charge in [0.2, 0.25) is 10.0 Å². The second kappa shape index (κ2) is 13.2. The van der Waals surface area contributed by atoms with Crippen molar-refractivity contribution in [2.75, 3.05) is 43.9 Å². The van der Waals surface area contributed by atoms with Gasteiger partial charge in [0, 0.05) is 56.7 Å². The molecular weight excluding hydrogens is 611 g/mol. The molecule has 2 aromatic carbocycles. The van der Waals surface area contributed by atoms with Gasteiger partial charge in [-0.2, -0.15) is 5.10 Å². The number of aromatic nitrogens is 5. The third-order valence-electron chi connectivity index (χ3n) is 7.79. The molecule has 15 heteroatoms. The Morgan fingerprint density at radius 2 is 1.87 bits per heavy atom. The number of aromatic amines is 1. The van der Waals surface area contributed by atoms with Crippen molar-refractivity contribution < 1.29 is 17.6 Å². The summed E-state index contributed by atoms with van der Waals surface area (Å²) >= 11 is 0. The van der Waals surface area contributed by atoms with E-state index in [-0.39, 0.29) is 22.1 Å². The Balaban J connectivity index is 1.10. The zero-order valence-electron chi connectivity index (χ0n) is 25.0. The normalized spacial score (nSPS) is 14.7. The maximum Gasteiger partial charge on any atom is 0.275 e. The molecule has 6 rings (SSSR count). The third kappa shape index (κ3) is 7.13. The van der Waals surface area contributed by atoms with Crippen LogP contribution in [0.25, 0.3) is 17.1 Å². The minimum absolute atomic E-state index is 0.216. The maximum absolute atomic E-state index is 14.4. The third-order valence-corrected chi connectivity index (χ3v) is 8.70. The second-order valence-electron chi connectivity index (χ2n) is 11.1. The van der Waals surface area contributed by atoms with Gasteiger partial charge >= 0.3 is 0 Å². The average Bonchev–Trinajstić information content (AvgIpc) is 3.67. The van der Waals surface area contributed by atoms with Crippen molar-refractivity contribution in [2.45, 2.75) is 18.0 Å². The van der Waals surface area contributed by atoms with Crippen LogP contribution in [-0.2, 0) is 23.1 Å². The molecule has 0 atom stereocenters. The van der Waals surface area contributed by atoms with Crippen LogP contribution in [0.4, 0.5) is 21.6 Å². The van der Waals surface area contributed by atoms with Crippen LogP contribution in [0.2, 0.25) is 0 Å². The number of H-pyrrole nitrogens is 1. The summed E-state index contributed by atoms with van der Waals surface area (Å²) in [6, 6.07) is 13.2. The molecule has 1 saturated heterocycles. The molecule has 46 heavy (non-hydrogen) atoms. The van der Waals surface area contributed by atoms with Crippen molar-refractivity contribution in [3.8, 4) is 0 Å². The Hall–Kier alpha value is -4.96. The summed E-state index contributed by atoms with van der Waals surface area (Å²) in [4.78, 5) is 26.4. The van der Waals surface area contributed by atoms with Crippen molar-refractivity contribution >= 4 is 50.2 Å². The Bertz CT molecular complexity index is 2000. The van der Waals surface area contributed by atoms with Gasteiger partial charge < -0.3 is 20.1 Å². The Kier molecular flexibility index (Phi) is 8.90. The van der Waals surface area contributed by atoms with Crippen molar-refractivity contribution in [3.05, 3.63) is 96.0 Å². The molecule has 0 saturated carbocycles. The molecule has 238 valence electrons. The van der Waals surface area contributed by atoms with E-state index in [0.717, 1.165) is 38.8 Å². The first-order valence-electron chi connectivity index (χ1n) is 14.5. The van der Waals surface area contributed by atoms with Gasteiger partial charge in [0.05, 0.1) is 22.2 Å². The number of likely N-dealkylation sites (N-methyl/N-ethyl adjacent to an activating group) is 1. The van der Waals surface area contributed by atoms with E-state index in [1.807, 2.05) is 41.1 Å². The summed E-state index contributed by atoms with van der Waals surface area (Å²) in [5.74, 6) is -0.586. The zero-order valence-corrected chi connectivity index (χ0v) is 25.8. The Morgan fingerprint density at radius 1 is 1.09 bits per heavy atom. The predicted molar refractivity (Wildman–Crippen MR) is 173 cm³/mol. The van der Waals surface area contributed by atoms with E-state index >= 15 is 0 Å². The minimum atomic E-state index is -3.99. The molecule has 5 aromatic rings. The number of allylic oxidation sites excluding steroid dienone is 1. The number of piperazine rings is 1. The highest BCUT2D eigenvalue weighted by molar-refractivity contribution is 7.89. The summed E-state index contributed by atoms with van der Waals surface area (Å²) in [5, 5.41) is 18.7. The van der Waals surface area contributed by atoms with E-state index in [9.17, 15) is 17.6 Å². The molecule has 1 amide bonds. The molecule has 0 aliphatic carbocycles. The summed E-state index contributed by atoms with van der Waals surface area (Å²) in [7, 11) is -1.86. The van der Waals surface area contributed by atoms with Gasteiger partial charge in [0.25, 0.3) is 5.91 Å². The lowest BCUT2D eigenvalue weighted by Crippen LogP contribution is -2.43. The number of fused-ring (bicyclic) bond motifs is 1. The van der Waals surface area contributed by atoms with E-state index in [0.29, 0.717) is 34.8 Å². The number of halogens is 1. The number of hydrogen-bond donors (Lipinski definition) is 4. The van der Waals surface area contributed by atoms with Gasteiger partial charge in [-0.05, 0) is 42.9 Å². The highest BCUT2D eigenvalue weighted by Gasteiger charge is 2.18. The summed E-state index contributed by atoms with van der Waals surface area (Å²) in [5.41, 5.74) is 3.36. The zero-order chi connectivity index (χ0) is 32.3. The first-order chi connectivity index (χ1) is 22.1. The van der Waals surface area contributed by atoms with E-state index in [1.165, 1.54) is 30.2 Å². The lowest BCUT2D eigenvalue weighted by atomic mass is 10.1. The van der Waals surface area contributed by atoms with Crippen LogP contribution < -0.4 is 15.8 Å². The average molecular weight is 645 g/mol. The SMILES string of the molecule is CN1CCN(Cc2ccc(NC(=O)c3[nH]ncc3Nc3ncnc4c3ccn4C/C=C/c3ccc(S(N)(=O)=O)cc3F)cc2)CC1. The summed E-state index contributed by atoms with van der Waals surface area (Å²) in [6.07, 6.45) is 8.00. The second-order valence-corrected chi connectivity index (χ2v) is 12.6. The molecule has 1 aliphatic heterocycles. The van der Waals surface area contributed by atoms with Gasteiger partial charge in [-0.15, -0.1) is 0 Å². The van der Waals surface area contributed by atoms with Crippen LogP contribution >= 0.6 is 0 Å². The van der Waals surface area contributed by atoms with Crippen LogP contribution in [-0.4, -0.2) is 82.1 Å². The van der Waals surface area contributed by atoms with Crippen molar-refractivity contribution in [2.24, 2.45) is 5.14 Å². The number of primary sulfonamides is 1. The highest BCUT2D eigenvalue weighted by Crippen LogP contribution is 2.26. The number of nitrogens with two attached hydrogens (primary N) is 1. The van der Waals surface area contributed by atoms with Crippen molar-refractivity contribution in [1.82, 2.24) is 34.5 Å². The topological polar surface area (TPSA) is 167 Å². The molecule has 0 radical (unpaired) electrons. The van der Waals surface area contributed by atoms with E-state index in [1.54, 1.807) is 12.2 Å². The molecule has 13 nitrogen and oxygen atoms in total. The fraction of sp³-hybridized carbons (Fsp3) is 0.226. The molecular formula is C31H33FN10O3S. The predicted octanol–water partition coefficient (Wildman–Crippen LogP) is 3.40. The first-order valence-corrected chi connectivity index (χ1v) is 16.1. The number of carbonyl (C=O) groups excluding carboxylic acids is 1. The van der Waals surface area contributed by atoms with Crippen LogP contribution in [0.5, 0.6) is 0 Å². The number of carbonyl (C=O) groups is 1. The number of rotatable bonds is 10. The van der Waals surface area contributed by atoms with E-state index in [4.69, 9.17) is 5.14 Å². The lowest BCUT2D eigenvalue weighted by molar-refractivity contribution is 0.102. The lowest BCUT2D eigenvalue weighted by Gasteiger charge is -2.32. The van der Waals surface area contributed by atoms with Gasteiger partial charge in [-0.1, -0.05) is 30.4 Å². The maximum atomic E-state index is 14.4. The monoisotopic (exact) mass is 644 g/mol. The molecule has 1 fully saturated rings. The molecule has 4 heterocycles. The highest BCUT2D eigenvalue weighted by atomic mass is 32.2. The minimum Gasteiger partial charge on any atom is -0.336 e. The van der Waals surface area contributed by atoms with Gasteiger partial charge in [-0.25, -0.2) is 27.9 Å². The fourth-order valence-corrected chi connectivity index (χ4v) is 5.72. The molecule has 5 N–H and O–H groups in total. The van der Waals surface area contributed by atoms with Crippen molar-refractivity contribution in [1.29, 1.82) is 0 Å². The van der Waals surface area contributed by atoms with Crippen LogP contribution in [0, 0.1) is 5.82 Å². The first kappa shape index (κ1) is 31.0. The summed E-state index contributed by atoms with van der Waals surface area (Å²) < 4.78 is 39.2. The summed E-state index contributed by atoms with van der Waals surface area (Å²) in [6.45, 7) is 5.42. The molecule has 0 bridgehead atoms. The largest absolute Gasteiger partial charge is 0.336 e. The number of benzene rings is 2. The number of amides is 1. The molecule has 0 spiro atoms. The molecule has 0 unspecified atom stereocenters. The van der Waals surface area contributed by atoms with Gasteiger partial charge in [-0.3, -0.25) is 14.8 Å². The van der Waals surface area contributed by atoms with Gasteiger partial charge in [0.1, 0.15) is 29.3 Å². The quantitative estimate of drug-likeness (QED) is 0.178. The molecule has 3 aromatic heterocycles. The Morgan fingerprint density at radius 3 is 2.61 bits per heavy atom.